The third kappa shape index (κ3) is 6.78. The molecular weight excluding hydrogens is 409 g/mol. The predicted molar refractivity (Wildman–Crippen MR) is 104 cm³/mol. The van der Waals surface area contributed by atoms with E-state index in [0.29, 0.717) is 5.92 Å². The molecule has 0 saturated heterocycles. The number of aromatic nitrogens is 2. The quantitative estimate of drug-likeness (QED) is 0.401. The normalized spacial score (nSPS) is 12.5. The van der Waals surface area contributed by atoms with E-state index in [2.05, 4.69) is 45.2 Å². The summed E-state index contributed by atoms with van der Waals surface area (Å²) in [4.78, 5) is 5.64. The molecule has 2 rings (SSSR count). The predicted octanol–water partition coefficient (Wildman–Crippen LogP) is 2.61. The first-order valence-electron chi connectivity index (χ1n) is 7.22. The van der Waals surface area contributed by atoms with Gasteiger partial charge in [-0.15, -0.1) is 35.3 Å². The van der Waals surface area contributed by atoms with Crippen LogP contribution in [0.3, 0.4) is 0 Å². The number of guanidine groups is 1. The van der Waals surface area contributed by atoms with Gasteiger partial charge in [-0.2, -0.15) is 5.10 Å². The van der Waals surface area contributed by atoms with Gasteiger partial charge in [0.15, 0.2) is 5.96 Å². The Morgan fingerprint density at radius 2 is 2.27 bits per heavy atom. The molecule has 7 heteroatoms. The molecule has 2 aromatic rings. The minimum absolute atomic E-state index is 0. The van der Waals surface area contributed by atoms with Crippen LogP contribution in [0.25, 0.3) is 0 Å². The second kappa shape index (κ2) is 10.6. The molecule has 2 aromatic heterocycles. The average Bonchev–Trinajstić information content (AvgIpc) is 3.16. The van der Waals surface area contributed by atoms with Crippen LogP contribution in [0.5, 0.6) is 0 Å². The van der Waals surface area contributed by atoms with Crippen molar-refractivity contribution in [1.29, 1.82) is 0 Å². The van der Waals surface area contributed by atoms with E-state index >= 15 is 0 Å². The highest BCUT2D eigenvalue weighted by molar-refractivity contribution is 14.0. The van der Waals surface area contributed by atoms with Crippen LogP contribution in [-0.2, 0) is 13.0 Å². The summed E-state index contributed by atoms with van der Waals surface area (Å²) in [6.07, 6.45) is 4.83. The maximum absolute atomic E-state index is 4.25. The average molecular weight is 433 g/mol. The summed E-state index contributed by atoms with van der Waals surface area (Å²) in [5.74, 6) is 1.35. The van der Waals surface area contributed by atoms with Crippen molar-refractivity contribution in [2.24, 2.45) is 10.9 Å². The maximum Gasteiger partial charge on any atom is 0.190 e. The van der Waals surface area contributed by atoms with Crippen molar-refractivity contribution in [2.75, 3.05) is 20.1 Å². The molecule has 0 amide bonds. The Morgan fingerprint density at radius 1 is 1.41 bits per heavy atom. The van der Waals surface area contributed by atoms with Gasteiger partial charge < -0.3 is 10.6 Å². The van der Waals surface area contributed by atoms with Gasteiger partial charge in [-0.05, 0) is 29.9 Å². The molecule has 0 radical (unpaired) electrons. The number of rotatable bonds is 7. The molecule has 1 atom stereocenters. The van der Waals surface area contributed by atoms with Crippen molar-refractivity contribution in [3.63, 3.8) is 0 Å². The zero-order valence-corrected chi connectivity index (χ0v) is 16.2. The molecule has 0 aliphatic carbocycles. The highest BCUT2D eigenvalue weighted by Gasteiger charge is 2.05. The lowest BCUT2D eigenvalue weighted by Gasteiger charge is -2.16. The standard InChI is InChI=1S/C15H23N5S.HI/c1-13(12-20-9-4-7-19-20)11-18-15(16-2)17-8-6-14-5-3-10-21-14;/h3-5,7,9-10,13H,6,8,11-12H2,1-2H3,(H2,16,17,18);1H. The third-order valence-corrected chi connectivity index (χ3v) is 4.08. The topological polar surface area (TPSA) is 54.2 Å². The Bertz CT molecular complexity index is 524. The first-order chi connectivity index (χ1) is 10.3. The van der Waals surface area contributed by atoms with Crippen molar-refractivity contribution >= 4 is 41.3 Å². The Balaban J connectivity index is 0.00000242. The van der Waals surface area contributed by atoms with Gasteiger partial charge >= 0.3 is 0 Å². The van der Waals surface area contributed by atoms with Gasteiger partial charge in [-0.1, -0.05) is 13.0 Å². The zero-order chi connectivity index (χ0) is 14.9. The highest BCUT2D eigenvalue weighted by Crippen LogP contribution is 2.07. The number of halogens is 1. The van der Waals surface area contributed by atoms with Crippen LogP contribution in [0.1, 0.15) is 11.8 Å². The second-order valence-electron chi connectivity index (χ2n) is 5.04. The van der Waals surface area contributed by atoms with Gasteiger partial charge in [0.2, 0.25) is 0 Å². The number of hydrogen-bond acceptors (Lipinski definition) is 3. The summed E-state index contributed by atoms with van der Waals surface area (Å²) in [6, 6.07) is 6.20. The van der Waals surface area contributed by atoms with Crippen molar-refractivity contribution in [2.45, 2.75) is 19.9 Å². The van der Waals surface area contributed by atoms with E-state index in [1.807, 2.05) is 23.1 Å². The van der Waals surface area contributed by atoms with E-state index in [-0.39, 0.29) is 24.0 Å². The molecule has 0 aliphatic rings. The lowest BCUT2D eigenvalue weighted by Crippen LogP contribution is -2.40. The Hall–Kier alpha value is -1.09. The van der Waals surface area contributed by atoms with Gasteiger partial charge in [0.05, 0.1) is 0 Å². The number of nitrogens with one attached hydrogen (secondary N) is 2. The summed E-state index contributed by atoms with van der Waals surface area (Å²) in [5, 5.41) is 13.0. The fraction of sp³-hybridized carbons (Fsp3) is 0.467. The molecule has 0 aliphatic heterocycles. The highest BCUT2D eigenvalue weighted by atomic mass is 127. The van der Waals surface area contributed by atoms with Gasteiger partial charge in [-0.3, -0.25) is 9.67 Å². The summed E-state index contributed by atoms with van der Waals surface area (Å²) < 4.78 is 1.96. The summed E-state index contributed by atoms with van der Waals surface area (Å²) in [7, 11) is 1.80. The van der Waals surface area contributed by atoms with Gasteiger partial charge in [0.25, 0.3) is 0 Å². The van der Waals surface area contributed by atoms with E-state index in [9.17, 15) is 0 Å². The molecule has 0 aromatic carbocycles. The second-order valence-corrected chi connectivity index (χ2v) is 6.07. The third-order valence-electron chi connectivity index (χ3n) is 3.14. The fourth-order valence-corrected chi connectivity index (χ4v) is 2.75. The van der Waals surface area contributed by atoms with Gasteiger partial charge in [-0.25, -0.2) is 0 Å². The minimum Gasteiger partial charge on any atom is -0.356 e. The molecule has 2 N–H and O–H groups in total. The van der Waals surface area contributed by atoms with E-state index in [4.69, 9.17) is 0 Å². The van der Waals surface area contributed by atoms with Crippen LogP contribution in [0.4, 0.5) is 0 Å². The first kappa shape index (κ1) is 19.0. The van der Waals surface area contributed by atoms with Crippen LogP contribution in [0, 0.1) is 5.92 Å². The molecule has 22 heavy (non-hydrogen) atoms. The lowest BCUT2D eigenvalue weighted by molar-refractivity contribution is 0.443. The molecule has 0 spiro atoms. The minimum atomic E-state index is 0. The lowest BCUT2D eigenvalue weighted by atomic mass is 10.2. The fourth-order valence-electron chi connectivity index (χ4n) is 2.04. The molecule has 2 heterocycles. The molecule has 0 bridgehead atoms. The van der Waals surface area contributed by atoms with Crippen LogP contribution in [-0.4, -0.2) is 35.9 Å². The van der Waals surface area contributed by atoms with Crippen LogP contribution < -0.4 is 10.6 Å². The first-order valence-corrected chi connectivity index (χ1v) is 8.10. The zero-order valence-electron chi connectivity index (χ0n) is 13.0. The van der Waals surface area contributed by atoms with E-state index in [1.54, 1.807) is 18.4 Å². The number of hydrogen-bond donors (Lipinski definition) is 2. The van der Waals surface area contributed by atoms with Crippen molar-refractivity contribution < 1.29 is 0 Å². The van der Waals surface area contributed by atoms with Gasteiger partial charge in [0, 0.05) is 44.0 Å². The largest absolute Gasteiger partial charge is 0.356 e. The van der Waals surface area contributed by atoms with Crippen LogP contribution in [0.15, 0.2) is 41.0 Å². The van der Waals surface area contributed by atoms with E-state index in [0.717, 1.165) is 32.0 Å². The smallest absolute Gasteiger partial charge is 0.190 e. The monoisotopic (exact) mass is 433 g/mol. The Labute approximate surface area is 153 Å². The Kier molecular flexibility index (Phi) is 9.14. The molecule has 122 valence electrons. The molecule has 0 saturated carbocycles. The number of nitrogens with zero attached hydrogens (tertiary/aromatic N) is 3. The Morgan fingerprint density at radius 3 is 2.91 bits per heavy atom. The number of thiophene rings is 1. The summed E-state index contributed by atoms with van der Waals surface area (Å²) >= 11 is 1.79. The molecule has 5 nitrogen and oxygen atoms in total. The van der Waals surface area contributed by atoms with Crippen molar-refractivity contribution in [3.8, 4) is 0 Å². The molecule has 0 fully saturated rings. The van der Waals surface area contributed by atoms with Crippen molar-refractivity contribution in [3.05, 3.63) is 40.8 Å². The van der Waals surface area contributed by atoms with E-state index < -0.39 is 0 Å². The van der Waals surface area contributed by atoms with E-state index in [1.165, 1.54) is 4.88 Å². The van der Waals surface area contributed by atoms with Crippen molar-refractivity contribution in [1.82, 2.24) is 20.4 Å². The molecular formula is C15H24IN5S. The summed E-state index contributed by atoms with van der Waals surface area (Å²) in [5.41, 5.74) is 0. The van der Waals surface area contributed by atoms with Gasteiger partial charge in [0.1, 0.15) is 0 Å². The molecule has 1 unspecified atom stereocenters. The summed E-state index contributed by atoms with van der Waals surface area (Å²) in [6.45, 7) is 4.88. The van der Waals surface area contributed by atoms with Crippen LogP contribution >= 0.6 is 35.3 Å². The number of aliphatic imine (C=N–C) groups is 1. The SMILES string of the molecule is CN=C(NCCc1cccs1)NCC(C)Cn1cccn1.I. The maximum atomic E-state index is 4.25. The van der Waals surface area contributed by atoms with Crippen LogP contribution in [0.2, 0.25) is 0 Å².